The van der Waals surface area contributed by atoms with Gasteiger partial charge in [0.2, 0.25) is 0 Å². The molecule has 1 aromatic heterocycles. The van der Waals surface area contributed by atoms with E-state index in [4.69, 9.17) is 33.6 Å². The number of nitriles is 1. The molecule has 4 nitrogen and oxygen atoms in total. The lowest BCUT2D eigenvalue weighted by Gasteiger charge is -2.09. The number of halogens is 2. The summed E-state index contributed by atoms with van der Waals surface area (Å²) in [6.07, 6.45) is 3.12. The molecule has 26 heavy (non-hydrogen) atoms. The quantitative estimate of drug-likeness (QED) is 0.639. The Balaban J connectivity index is 1.92. The van der Waals surface area contributed by atoms with Crippen LogP contribution in [0, 0.1) is 11.3 Å². The third-order valence-electron chi connectivity index (χ3n) is 4.58. The van der Waals surface area contributed by atoms with E-state index in [2.05, 4.69) is 11.4 Å². The Hall–Kier alpha value is -2.48. The van der Waals surface area contributed by atoms with Crippen LogP contribution >= 0.6 is 23.2 Å². The van der Waals surface area contributed by atoms with E-state index >= 15 is 0 Å². The van der Waals surface area contributed by atoms with Crippen molar-refractivity contribution < 1.29 is 0 Å². The summed E-state index contributed by atoms with van der Waals surface area (Å²) < 4.78 is 1.90. The molecule has 1 aliphatic rings. The molecule has 0 fully saturated rings. The van der Waals surface area contributed by atoms with E-state index in [1.54, 1.807) is 18.2 Å². The van der Waals surface area contributed by atoms with Crippen molar-refractivity contribution in [3.8, 4) is 23.0 Å². The maximum atomic E-state index is 9.03. The summed E-state index contributed by atoms with van der Waals surface area (Å²) in [7, 11) is 0. The van der Waals surface area contributed by atoms with Crippen LogP contribution in [0.3, 0.4) is 0 Å². The second kappa shape index (κ2) is 7.03. The molecule has 4 rings (SSSR count). The van der Waals surface area contributed by atoms with Gasteiger partial charge in [-0.2, -0.15) is 10.4 Å². The van der Waals surface area contributed by atoms with E-state index in [-0.39, 0.29) is 0 Å². The number of nitrogens with one attached hydrogen (secondary N) is 1. The topological polar surface area (TPSA) is 53.6 Å². The van der Waals surface area contributed by atoms with Gasteiger partial charge in [0.15, 0.2) is 0 Å². The highest BCUT2D eigenvalue weighted by Crippen LogP contribution is 2.39. The number of benzene rings is 2. The highest BCUT2D eigenvalue weighted by Gasteiger charge is 2.23. The zero-order valence-electron chi connectivity index (χ0n) is 14.0. The first-order chi connectivity index (χ1) is 12.7. The Bertz CT molecular complexity index is 1000. The molecule has 0 bridgehead atoms. The lowest BCUT2D eigenvalue weighted by atomic mass is 10.0. The molecule has 0 atom stereocenters. The van der Waals surface area contributed by atoms with Crippen molar-refractivity contribution in [3.63, 3.8) is 0 Å². The fourth-order valence-corrected chi connectivity index (χ4v) is 3.66. The summed E-state index contributed by atoms with van der Waals surface area (Å²) in [5, 5.41) is 18.4. The van der Waals surface area contributed by atoms with E-state index in [0.717, 1.165) is 54.1 Å². The molecule has 6 heteroatoms. The van der Waals surface area contributed by atoms with Gasteiger partial charge in [-0.1, -0.05) is 35.3 Å². The number of nitrogens with zero attached hydrogens (tertiary/aromatic N) is 3. The van der Waals surface area contributed by atoms with Gasteiger partial charge in [-0.05, 0) is 49.6 Å². The fourth-order valence-electron chi connectivity index (χ4n) is 3.27. The number of hydrogen-bond acceptors (Lipinski definition) is 3. The molecule has 0 saturated carbocycles. The van der Waals surface area contributed by atoms with Crippen molar-refractivity contribution in [2.24, 2.45) is 0 Å². The smallest absolute Gasteiger partial charge is 0.133 e. The van der Waals surface area contributed by atoms with Gasteiger partial charge < -0.3 is 5.32 Å². The van der Waals surface area contributed by atoms with Crippen molar-refractivity contribution in [2.75, 3.05) is 11.9 Å². The number of fused-ring (bicyclic) bond motifs is 1. The van der Waals surface area contributed by atoms with Crippen molar-refractivity contribution in [3.05, 3.63) is 63.6 Å². The molecule has 0 unspecified atom stereocenters. The van der Waals surface area contributed by atoms with Gasteiger partial charge in [-0.3, -0.25) is 0 Å². The van der Waals surface area contributed by atoms with Gasteiger partial charge in [-0.25, -0.2) is 4.68 Å². The predicted molar refractivity (Wildman–Crippen MR) is 105 cm³/mol. The molecule has 0 radical (unpaired) electrons. The standard InChI is InChI=1S/C20H16Cl2N4/c21-17-6-3-5-15(18(17)22)19-16-4-1-2-11-24-20(16)26(25-19)14-9-7-13(12-23)8-10-14/h3,5-10,24H,1-2,4,11H2. The highest BCUT2D eigenvalue weighted by molar-refractivity contribution is 6.43. The minimum Gasteiger partial charge on any atom is -0.370 e. The summed E-state index contributed by atoms with van der Waals surface area (Å²) in [5.74, 6) is 0.984. The van der Waals surface area contributed by atoms with Crippen LogP contribution in [0.4, 0.5) is 5.82 Å². The zero-order valence-corrected chi connectivity index (χ0v) is 15.5. The van der Waals surface area contributed by atoms with Crippen LogP contribution in [-0.2, 0) is 6.42 Å². The van der Waals surface area contributed by atoms with Crippen LogP contribution in [-0.4, -0.2) is 16.3 Å². The molecule has 0 aliphatic carbocycles. The first kappa shape index (κ1) is 17.0. The zero-order chi connectivity index (χ0) is 18.1. The maximum Gasteiger partial charge on any atom is 0.133 e. The van der Waals surface area contributed by atoms with E-state index in [0.29, 0.717) is 15.6 Å². The molecule has 2 heterocycles. The molecule has 0 saturated heterocycles. The lowest BCUT2D eigenvalue weighted by molar-refractivity contribution is 0.780. The largest absolute Gasteiger partial charge is 0.370 e. The van der Waals surface area contributed by atoms with E-state index in [9.17, 15) is 0 Å². The molecular formula is C20H16Cl2N4. The predicted octanol–water partition coefficient (Wildman–Crippen LogP) is 5.47. The van der Waals surface area contributed by atoms with Gasteiger partial charge in [-0.15, -0.1) is 0 Å². The summed E-state index contributed by atoms with van der Waals surface area (Å²) >= 11 is 12.7. The molecule has 130 valence electrons. The fraction of sp³-hybridized carbons (Fsp3) is 0.200. The maximum absolute atomic E-state index is 9.03. The highest BCUT2D eigenvalue weighted by atomic mass is 35.5. The average molecular weight is 383 g/mol. The van der Waals surface area contributed by atoms with Gasteiger partial charge in [0.05, 0.1) is 33.1 Å². The summed E-state index contributed by atoms with van der Waals surface area (Å²) in [5.41, 5.74) is 4.37. The third kappa shape index (κ3) is 2.94. The Labute approximate surface area is 162 Å². The van der Waals surface area contributed by atoms with Gasteiger partial charge in [0, 0.05) is 17.7 Å². The van der Waals surface area contributed by atoms with Crippen LogP contribution in [0.1, 0.15) is 24.0 Å². The third-order valence-corrected chi connectivity index (χ3v) is 5.40. The van der Waals surface area contributed by atoms with Crippen molar-refractivity contribution in [2.45, 2.75) is 19.3 Å². The van der Waals surface area contributed by atoms with Crippen molar-refractivity contribution >= 4 is 29.0 Å². The van der Waals surface area contributed by atoms with Gasteiger partial charge >= 0.3 is 0 Å². The van der Waals surface area contributed by atoms with E-state index in [1.165, 1.54) is 0 Å². The molecule has 0 amide bonds. The van der Waals surface area contributed by atoms with Gasteiger partial charge in [0.25, 0.3) is 0 Å². The average Bonchev–Trinajstić information content (AvgIpc) is 2.85. The number of rotatable bonds is 2. The van der Waals surface area contributed by atoms with Crippen LogP contribution in [0.2, 0.25) is 10.0 Å². The first-order valence-corrected chi connectivity index (χ1v) is 9.25. The first-order valence-electron chi connectivity index (χ1n) is 8.49. The number of hydrogen-bond donors (Lipinski definition) is 1. The second-order valence-electron chi connectivity index (χ2n) is 6.23. The Morgan fingerprint density at radius 2 is 1.88 bits per heavy atom. The molecule has 0 spiro atoms. The normalized spacial score (nSPS) is 13.4. The Kier molecular flexibility index (Phi) is 4.58. The molecule has 3 aromatic rings. The molecule has 1 aliphatic heterocycles. The van der Waals surface area contributed by atoms with Crippen LogP contribution < -0.4 is 5.32 Å². The van der Waals surface area contributed by atoms with Crippen molar-refractivity contribution in [1.29, 1.82) is 5.26 Å². The van der Waals surface area contributed by atoms with Gasteiger partial charge in [0.1, 0.15) is 5.82 Å². The minimum atomic E-state index is 0.519. The van der Waals surface area contributed by atoms with Crippen LogP contribution in [0.5, 0.6) is 0 Å². The molecule has 1 N–H and O–H groups in total. The van der Waals surface area contributed by atoms with Crippen LogP contribution in [0.15, 0.2) is 42.5 Å². The summed E-state index contributed by atoms with van der Waals surface area (Å²) in [6, 6.07) is 15.2. The number of anilines is 1. The second-order valence-corrected chi connectivity index (χ2v) is 7.02. The van der Waals surface area contributed by atoms with E-state index < -0.39 is 0 Å². The van der Waals surface area contributed by atoms with Crippen LogP contribution in [0.25, 0.3) is 16.9 Å². The monoisotopic (exact) mass is 382 g/mol. The van der Waals surface area contributed by atoms with Crippen molar-refractivity contribution in [1.82, 2.24) is 9.78 Å². The molecular weight excluding hydrogens is 367 g/mol. The minimum absolute atomic E-state index is 0.519. The van der Waals surface area contributed by atoms with E-state index in [1.807, 2.05) is 28.9 Å². The Morgan fingerprint density at radius 1 is 1.08 bits per heavy atom. The Morgan fingerprint density at radius 3 is 2.65 bits per heavy atom. The summed E-state index contributed by atoms with van der Waals surface area (Å²) in [4.78, 5) is 0. The number of aromatic nitrogens is 2. The summed E-state index contributed by atoms with van der Waals surface area (Å²) in [6.45, 7) is 0.900. The lowest BCUT2D eigenvalue weighted by Crippen LogP contribution is -2.07. The molecule has 2 aromatic carbocycles. The SMILES string of the molecule is N#Cc1ccc(-n2nc(-c3cccc(Cl)c3Cl)c3c2NCCCC3)cc1.